The van der Waals surface area contributed by atoms with Crippen LogP contribution in [0, 0.1) is 12.8 Å². The van der Waals surface area contributed by atoms with Crippen LogP contribution in [0.2, 0.25) is 10.0 Å². The zero-order chi connectivity index (χ0) is 26.5. The second-order valence-corrected chi connectivity index (χ2v) is 10.5. The number of urea groups is 1. The van der Waals surface area contributed by atoms with E-state index in [1.54, 1.807) is 53.4 Å². The number of nitrogens with one attached hydrogen (secondary N) is 1. The number of anilines is 2. The van der Waals surface area contributed by atoms with Crippen LogP contribution >= 0.6 is 23.2 Å². The van der Waals surface area contributed by atoms with Crippen molar-refractivity contribution in [2.45, 2.75) is 26.7 Å². The van der Waals surface area contributed by atoms with Gasteiger partial charge < -0.3 is 16.0 Å². The van der Waals surface area contributed by atoms with Gasteiger partial charge in [0.1, 0.15) is 0 Å². The maximum Gasteiger partial charge on any atom is 0.326 e. The van der Waals surface area contributed by atoms with Gasteiger partial charge >= 0.3 is 6.03 Å². The van der Waals surface area contributed by atoms with E-state index in [2.05, 4.69) is 17.1 Å². The molecule has 6 nitrogen and oxygen atoms in total. The van der Waals surface area contributed by atoms with Crippen molar-refractivity contribution in [1.29, 1.82) is 0 Å². The zero-order valence-corrected chi connectivity index (χ0v) is 22.6. The number of primary amides is 1. The van der Waals surface area contributed by atoms with Gasteiger partial charge in [-0.25, -0.2) is 4.79 Å². The summed E-state index contributed by atoms with van der Waals surface area (Å²) in [7, 11) is 0. The Morgan fingerprint density at radius 1 is 0.973 bits per heavy atom. The van der Waals surface area contributed by atoms with Gasteiger partial charge in [0.05, 0.1) is 0 Å². The van der Waals surface area contributed by atoms with Gasteiger partial charge in [0.25, 0.3) is 0 Å². The molecule has 0 radical (unpaired) electrons. The van der Waals surface area contributed by atoms with Crippen molar-refractivity contribution in [2.75, 3.05) is 36.4 Å². The molecule has 37 heavy (non-hydrogen) atoms. The number of carbonyl (C=O) groups excluding carboxylic acids is 2. The van der Waals surface area contributed by atoms with Crippen molar-refractivity contribution in [3.05, 3.63) is 81.8 Å². The van der Waals surface area contributed by atoms with E-state index in [0.717, 1.165) is 49.5 Å². The van der Waals surface area contributed by atoms with Crippen LogP contribution in [-0.2, 0) is 0 Å². The molecule has 1 heterocycles. The van der Waals surface area contributed by atoms with Gasteiger partial charge in [0, 0.05) is 40.1 Å². The summed E-state index contributed by atoms with van der Waals surface area (Å²) in [5.41, 5.74) is 9.79. The minimum absolute atomic E-state index is 0.260. The molecule has 0 saturated carbocycles. The Morgan fingerprint density at radius 3 is 2.16 bits per heavy atom. The Balaban J connectivity index is 1.71. The standard InChI is InChI=1S/C29H32Cl2N4O2/c1-19-13-15-34(16-14-19)17-18-35(29(37)33-24-9-7-23(31)8-10-24)26-12-11-25(28(32)36)27(20(26)2)21-3-5-22(30)6-4-21/h3-12,19H,13-18H2,1-2H3,(H2,32,36)(H,33,37). The Labute approximate surface area is 228 Å². The number of benzene rings is 3. The normalized spacial score (nSPS) is 14.4. The monoisotopic (exact) mass is 538 g/mol. The maximum atomic E-state index is 13.6. The number of halogens is 2. The fourth-order valence-electron chi connectivity index (χ4n) is 4.77. The van der Waals surface area contributed by atoms with Gasteiger partial charge in [-0.05, 0) is 104 Å². The molecular weight excluding hydrogens is 507 g/mol. The van der Waals surface area contributed by atoms with Gasteiger partial charge in [0.15, 0.2) is 0 Å². The first-order valence-electron chi connectivity index (χ1n) is 12.5. The lowest BCUT2D eigenvalue weighted by atomic mass is 9.93. The quantitative estimate of drug-likeness (QED) is 0.345. The van der Waals surface area contributed by atoms with Crippen molar-refractivity contribution in [2.24, 2.45) is 11.7 Å². The minimum atomic E-state index is -0.529. The molecule has 0 atom stereocenters. The number of nitrogens with zero attached hydrogens (tertiary/aromatic N) is 2. The predicted molar refractivity (Wildman–Crippen MR) is 153 cm³/mol. The third-order valence-corrected chi connectivity index (χ3v) is 7.49. The first-order chi connectivity index (χ1) is 17.7. The average molecular weight is 540 g/mol. The molecule has 3 N–H and O–H groups in total. The highest BCUT2D eigenvalue weighted by Gasteiger charge is 2.24. The summed E-state index contributed by atoms with van der Waals surface area (Å²) < 4.78 is 0. The molecule has 1 saturated heterocycles. The molecule has 0 bridgehead atoms. The fourth-order valence-corrected chi connectivity index (χ4v) is 5.02. The third kappa shape index (κ3) is 6.63. The SMILES string of the molecule is Cc1c(N(CCN2CCC(C)CC2)C(=O)Nc2ccc(Cl)cc2)ccc(C(N)=O)c1-c1ccc(Cl)cc1. The summed E-state index contributed by atoms with van der Waals surface area (Å²) in [6.45, 7) is 7.47. The lowest BCUT2D eigenvalue weighted by molar-refractivity contribution is 0.100. The summed E-state index contributed by atoms with van der Waals surface area (Å²) in [5, 5.41) is 4.19. The van der Waals surface area contributed by atoms with Crippen LogP contribution in [-0.4, -0.2) is 43.0 Å². The topological polar surface area (TPSA) is 78.7 Å². The van der Waals surface area contributed by atoms with Gasteiger partial charge in [-0.1, -0.05) is 42.3 Å². The average Bonchev–Trinajstić information content (AvgIpc) is 2.88. The lowest BCUT2D eigenvalue weighted by Crippen LogP contribution is -2.43. The van der Waals surface area contributed by atoms with Gasteiger partial charge in [-0.3, -0.25) is 9.69 Å². The highest BCUT2D eigenvalue weighted by atomic mass is 35.5. The van der Waals surface area contributed by atoms with Gasteiger partial charge in [-0.2, -0.15) is 0 Å². The molecule has 3 aromatic rings. The molecule has 194 valence electrons. The molecule has 0 aromatic heterocycles. The highest BCUT2D eigenvalue weighted by Crippen LogP contribution is 2.35. The lowest BCUT2D eigenvalue weighted by Gasteiger charge is -2.33. The first-order valence-corrected chi connectivity index (χ1v) is 13.2. The van der Waals surface area contributed by atoms with Crippen LogP contribution < -0.4 is 16.0 Å². The molecule has 0 unspecified atom stereocenters. The number of amides is 3. The molecule has 4 rings (SSSR count). The van der Waals surface area contributed by atoms with Crippen molar-refractivity contribution in [3.8, 4) is 11.1 Å². The van der Waals surface area contributed by atoms with E-state index in [9.17, 15) is 9.59 Å². The number of carbonyl (C=O) groups is 2. The molecular formula is C29H32Cl2N4O2. The van der Waals surface area contributed by atoms with Crippen molar-refractivity contribution >= 4 is 46.5 Å². The van der Waals surface area contributed by atoms with Gasteiger partial charge in [-0.15, -0.1) is 0 Å². The van der Waals surface area contributed by atoms with Crippen LogP contribution in [0.4, 0.5) is 16.2 Å². The summed E-state index contributed by atoms with van der Waals surface area (Å²) in [5.74, 6) is 0.199. The van der Waals surface area contributed by atoms with Gasteiger partial charge in [0.2, 0.25) is 5.91 Å². The number of nitrogens with two attached hydrogens (primary N) is 1. The minimum Gasteiger partial charge on any atom is -0.366 e. The highest BCUT2D eigenvalue weighted by molar-refractivity contribution is 6.31. The van der Waals surface area contributed by atoms with Crippen molar-refractivity contribution < 1.29 is 9.59 Å². The fraction of sp³-hybridized carbons (Fsp3) is 0.310. The van der Waals surface area contributed by atoms with Crippen LogP contribution in [0.5, 0.6) is 0 Å². The molecule has 0 spiro atoms. The number of likely N-dealkylation sites (tertiary alicyclic amines) is 1. The Morgan fingerprint density at radius 2 is 1.57 bits per heavy atom. The molecule has 1 aliphatic rings. The zero-order valence-electron chi connectivity index (χ0n) is 21.1. The Kier molecular flexibility index (Phi) is 8.75. The van der Waals surface area contributed by atoms with Crippen molar-refractivity contribution in [1.82, 2.24) is 4.90 Å². The molecule has 1 fully saturated rings. The van der Waals surface area contributed by atoms with E-state index in [1.165, 1.54) is 0 Å². The van der Waals surface area contributed by atoms with Crippen LogP contribution in [0.25, 0.3) is 11.1 Å². The second-order valence-electron chi connectivity index (χ2n) is 9.62. The summed E-state index contributed by atoms with van der Waals surface area (Å²) >= 11 is 12.1. The number of hydrogen-bond acceptors (Lipinski definition) is 3. The Bertz CT molecular complexity index is 1250. The number of rotatable bonds is 7. The smallest absolute Gasteiger partial charge is 0.326 e. The van der Waals surface area contributed by atoms with Crippen LogP contribution in [0.15, 0.2) is 60.7 Å². The molecule has 8 heteroatoms. The summed E-state index contributed by atoms with van der Waals surface area (Å²) in [6, 6.07) is 17.5. The molecule has 3 aromatic carbocycles. The van der Waals surface area contributed by atoms with E-state index in [1.807, 2.05) is 19.1 Å². The summed E-state index contributed by atoms with van der Waals surface area (Å²) in [4.78, 5) is 30.1. The maximum absolute atomic E-state index is 13.6. The largest absolute Gasteiger partial charge is 0.366 e. The molecule has 3 amide bonds. The van der Waals surface area contributed by atoms with Crippen molar-refractivity contribution in [3.63, 3.8) is 0 Å². The summed E-state index contributed by atoms with van der Waals surface area (Å²) in [6.07, 6.45) is 2.31. The second kappa shape index (κ2) is 12.0. The van der Waals surface area contributed by atoms with E-state index in [-0.39, 0.29) is 6.03 Å². The number of piperidine rings is 1. The first kappa shape index (κ1) is 27.0. The van der Waals surface area contributed by atoms with E-state index < -0.39 is 5.91 Å². The molecule has 0 aliphatic carbocycles. The van der Waals surface area contributed by atoms with Crippen LogP contribution in [0.1, 0.15) is 35.7 Å². The number of hydrogen-bond donors (Lipinski definition) is 2. The van der Waals surface area contributed by atoms with Crippen LogP contribution in [0.3, 0.4) is 0 Å². The predicted octanol–water partition coefficient (Wildman–Crippen LogP) is 6.84. The van der Waals surface area contributed by atoms with E-state index in [0.29, 0.717) is 39.1 Å². The van der Waals surface area contributed by atoms with E-state index in [4.69, 9.17) is 28.9 Å². The third-order valence-electron chi connectivity index (χ3n) is 6.98. The Hall–Kier alpha value is -3.06. The van der Waals surface area contributed by atoms with E-state index >= 15 is 0 Å². The molecule has 1 aliphatic heterocycles.